The summed E-state index contributed by atoms with van der Waals surface area (Å²) in [5.41, 5.74) is 3.82. The highest BCUT2D eigenvalue weighted by Gasteiger charge is 2.14. The lowest BCUT2D eigenvalue weighted by molar-refractivity contribution is 0.102. The Morgan fingerprint density at radius 2 is 1.81 bits per heavy atom. The van der Waals surface area contributed by atoms with Crippen LogP contribution in [-0.2, 0) is 6.42 Å². The van der Waals surface area contributed by atoms with Crippen LogP contribution in [0.4, 0.5) is 21.6 Å². The maximum Gasteiger partial charge on any atom is 0.274 e. The van der Waals surface area contributed by atoms with Crippen LogP contribution in [0.15, 0.2) is 48.5 Å². The Kier molecular flexibility index (Phi) is 5.45. The molecule has 1 heterocycles. The van der Waals surface area contributed by atoms with E-state index in [0.717, 1.165) is 23.2 Å². The number of carbonyl (C=O) groups is 1. The van der Waals surface area contributed by atoms with Gasteiger partial charge in [-0.25, -0.2) is 14.4 Å². The molecule has 0 saturated carbocycles. The lowest BCUT2D eigenvalue weighted by Gasteiger charge is -2.13. The van der Waals surface area contributed by atoms with Crippen molar-refractivity contribution in [2.24, 2.45) is 0 Å². The molecular weight excluding hydrogens is 343 g/mol. The van der Waals surface area contributed by atoms with Crippen molar-refractivity contribution >= 4 is 23.1 Å². The second-order valence-corrected chi connectivity index (χ2v) is 6.23. The maximum absolute atomic E-state index is 13.1. The molecule has 27 heavy (non-hydrogen) atoms. The van der Waals surface area contributed by atoms with Gasteiger partial charge in [-0.15, -0.1) is 0 Å². The highest BCUT2D eigenvalue weighted by molar-refractivity contribution is 6.04. The van der Waals surface area contributed by atoms with Gasteiger partial charge in [0.05, 0.1) is 0 Å². The highest BCUT2D eigenvalue weighted by atomic mass is 19.1. The molecule has 2 N–H and O–H groups in total. The molecule has 0 aliphatic carbocycles. The smallest absolute Gasteiger partial charge is 0.274 e. The third-order valence-electron chi connectivity index (χ3n) is 4.17. The average molecular weight is 364 g/mol. The van der Waals surface area contributed by atoms with E-state index in [4.69, 9.17) is 0 Å². The predicted molar refractivity (Wildman–Crippen MR) is 105 cm³/mol. The zero-order valence-corrected chi connectivity index (χ0v) is 15.5. The molecule has 3 aromatic rings. The molecule has 0 fully saturated rings. The van der Waals surface area contributed by atoms with E-state index < -0.39 is 0 Å². The summed E-state index contributed by atoms with van der Waals surface area (Å²) in [5, 5.41) is 6.03. The number of benzene rings is 2. The number of nitrogens with one attached hydrogen (secondary N) is 2. The maximum atomic E-state index is 13.1. The fraction of sp³-hybridized carbons (Fsp3) is 0.190. The molecule has 1 aromatic heterocycles. The topological polar surface area (TPSA) is 66.9 Å². The molecule has 0 spiro atoms. The first kappa shape index (κ1) is 18.5. The number of aromatic nitrogens is 2. The first-order valence-corrected chi connectivity index (χ1v) is 8.74. The van der Waals surface area contributed by atoms with Crippen molar-refractivity contribution in [3.63, 3.8) is 0 Å². The SMILES string of the molecule is CCc1cccc(C)c1NC(=O)c1cc(Nc2ccc(F)cc2)nc(C)n1. The Balaban J connectivity index is 1.85. The molecule has 0 bridgehead atoms. The second-order valence-electron chi connectivity index (χ2n) is 6.23. The van der Waals surface area contributed by atoms with Gasteiger partial charge in [-0.3, -0.25) is 4.79 Å². The molecule has 1 amide bonds. The van der Waals surface area contributed by atoms with Crippen LogP contribution in [0, 0.1) is 19.7 Å². The minimum atomic E-state index is -0.315. The average Bonchev–Trinajstić information content (AvgIpc) is 2.64. The van der Waals surface area contributed by atoms with Gasteiger partial charge in [0, 0.05) is 17.4 Å². The predicted octanol–water partition coefficient (Wildman–Crippen LogP) is 4.79. The molecule has 0 aliphatic rings. The molecule has 0 radical (unpaired) electrons. The molecule has 0 atom stereocenters. The second kappa shape index (κ2) is 7.95. The van der Waals surface area contributed by atoms with Gasteiger partial charge in [-0.2, -0.15) is 0 Å². The summed E-state index contributed by atoms with van der Waals surface area (Å²) in [7, 11) is 0. The van der Waals surface area contributed by atoms with Crippen molar-refractivity contribution < 1.29 is 9.18 Å². The molecule has 6 heteroatoms. The van der Waals surface area contributed by atoms with Gasteiger partial charge in [0.15, 0.2) is 0 Å². The van der Waals surface area contributed by atoms with Crippen LogP contribution in [0.5, 0.6) is 0 Å². The van der Waals surface area contributed by atoms with Crippen LogP contribution < -0.4 is 10.6 Å². The molecule has 0 unspecified atom stereocenters. The fourth-order valence-corrected chi connectivity index (χ4v) is 2.81. The highest BCUT2D eigenvalue weighted by Crippen LogP contribution is 2.22. The van der Waals surface area contributed by atoms with Crippen LogP contribution in [0.25, 0.3) is 0 Å². The molecule has 3 rings (SSSR count). The number of aryl methyl sites for hydroxylation is 3. The number of nitrogens with zero attached hydrogens (tertiary/aromatic N) is 2. The van der Waals surface area contributed by atoms with Crippen molar-refractivity contribution in [2.45, 2.75) is 27.2 Å². The molecular formula is C21H21FN4O. The van der Waals surface area contributed by atoms with E-state index in [1.165, 1.54) is 12.1 Å². The molecule has 5 nitrogen and oxygen atoms in total. The number of rotatable bonds is 5. The van der Waals surface area contributed by atoms with E-state index in [1.54, 1.807) is 25.1 Å². The monoisotopic (exact) mass is 364 g/mol. The van der Waals surface area contributed by atoms with Crippen LogP contribution in [0.3, 0.4) is 0 Å². The first-order valence-electron chi connectivity index (χ1n) is 8.74. The molecule has 2 aromatic carbocycles. The van der Waals surface area contributed by atoms with Crippen LogP contribution >= 0.6 is 0 Å². The van der Waals surface area contributed by atoms with Gasteiger partial charge in [-0.05, 0) is 55.7 Å². The van der Waals surface area contributed by atoms with E-state index in [-0.39, 0.29) is 17.4 Å². The van der Waals surface area contributed by atoms with Gasteiger partial charge < -0.3 is 10.6 Å². The van der Waals surface area contributed by atoms with E-state index >= 15 is 0 Å². The van der Waals surface area contributed by atoms with Gasteiger partial charge in [-0.1, -0.05) is 25.1 Å². The normalized spacial score (nSPS) is 10.5. The van der Waals surface area contributed by atoms with E-state index in [2.05, 4.69) is 20.6 Å². The third-order valence-corrected chi connectivity index (χ3v) is 4.17. The Morgan fingerprint density at radius 1 is 1.07 bits per heavy atom. The Hall–Kier alpha value is -3.28. The number of anilines is 3. The van der Waals surface area contributed by atoms with Crippen LogP contribution in [0.2, 0.25) is 0 Å². The van der Waals surface area contributed by atoms with E-state index in [1.807, 2.05) is 32.0 Å². The summed E-state index contributed by atoms with van der Waals surface area (Å²) in [6.45, 7) is 5.73. The standard InChI is InChI=1S/C21H21FN4O/c1-4-15-7-5-6-13(2)20(15)26-21(27)18-12-19(24-14(3)23-18)25-17-10-8-16(22)9-11-17/h5-12H,4H2,1-3H3,(H,26,27)(H,23,24,25). The Labute approximate surface area is 157 Å². The van der Waals surface area contributed by atoms with Crippen molar-refractivity contribution in [1.29, 1.82) is 0 Å². The largest absolute Gasteiger partial charge is 0.340 e. The third kappa shape index (κ3) is 4.47. The molecule has 0 aliphatic heterocycles. The van der Waals surface area contributed by atoms with Gasteiger partial charge in [0.1, 0.15) is 23.2 Å². The van der Waals surface area contributed by atoms with Crippen molar-refractivity contribution in [3.8, 4) is 0 Å². The van der Waals surface area contributed by atoms with Gasteiger partial charge >= 0.3 is 0 Å². The van der Waals surface area contributed by atoms with E-state index in [9.17, 15) is 9.18 Å². The lowest BCUT2D eigenvalue weighted by atomic mass is 10.1. The van der Waals surface area contributed by atoms with Crippen molar-refractivity contribution in [1.82, 2.24) is 9.97 Å². The summed E-state index contributed by atoms with van der Waals surface area (Å²) >= 11 is 0. The Morgan fingerprint density at radius 3 is 2.52 bits per heavy atom. The quantitative estimate of drug-likeness (QED) is 0.683. The zero-order valence-electron chi connectivity index (χ0n) is 15.5. The number of para-hydroxylation sites is 1. The fourth-order valence-electron chi connectivity index (χ4n) is 2.81. The molecule has 138 valence electrons. The van der Waals surface area contributed by atoms with Crippen LogP contribution in [0.1, 0.15) is 34.4 Å². The number of hydrogen-bond donors (Lipinski definition) is 2. The van der Waals surface area contributed by atoms with Gasteiger partial charge in [0.25, 0.3) is 5.91 Å². The summed E-state index contributed by atoms with van der Waals surface area (Å²) in [6, 6.07) is 13.4. The Bertz CT molecular complexity index is 970. The summed E-state index contributed by atoms with van der Waals surface area (Å²) in [6.07, 6.45) is 0.817. The molecule has 0 saturated heterocycles. The summed E-state index contributed by atoms with van der Waals surface area (Å²) < 4.78 is 13.1. The number of halogens is 1. The minimum absolute atomic E-state index is 0.261. The van der Waals surface area contributed by atoms with E-state index in [0.29, 0.717) is 17.3 Å². The summed E-state index contributed by atoms with van der Waals surface area (Å²) in [4.78, 5) is 21.3. The van der Waals surface area contributed by atoms with Gasteiger partial charge in [0.2, 0.25) is 0 Å². The lowest BCUT2D eigenvalue weighted by Crippen LogP contribution is -2.17. The number of hydrogen-bond acceptors (Lipinski definition) is 4. The number of carbonyl (C=O) groups excluding carboxylic acids is 1. The van der Waals surface area contributed by atoms with Crippen molar-refractivity contribution in [2.75, 3.05) is 10.6 Å². The minimum Gasteiger partial charge on any atom is -0.340 e. The van der Waals surface area contributed by atoms with Crippen LogP contribution in [-0.4, -0.2) is 15.9 Å². The summed E-state index contributed by atoms with van der Waals surface area (Å²) in [5.74, 6) is 0.323. The first-order chi connectivity index (χ1) is 13.0. The number of amides is 1. The van der Waals surface area contributed by atoms with Crippen molar-refractivity contribution in [3.05, 3.63) is 77.0 Å². The zero-order chi connectivity index (χ0) is 19.4.